The number of carbonyl (C=O) groups is 2. The maximum Gasteiger partial charge on any atom is 0.325 e. The quantitative estimate of drug-likeness (QED) is 0.818. The second-order valence-corrected chi connectivity index (χ2v) is 6.66. The number of ether oxygens (including phenoxy) is 1. The van der Waals surface area contributed by atoms with E-state index in [1.165, 1.54) is 0 Å². The van der Waals surface area contributed by atoms with Crippen molar-refractivity contribution < 1.29 is 14.3 Å². The normalized spacial score (nSPS) is 11.8. The van der Waals surface area contributed by atoms with E-state index in [0.29, 0.717) is 12.2 Å². The number of urea groups is 1. The van der Waals surface area contributed by atoms with Gasteiger partial charge in [0.15, 0.2) is 0 Å². The van der Waals surface area contributed by atoms with E-state index in [1.807, 2.05) is 68.3 Å². The number of methoxy groups -OCH3 is 1. The number of nitrogens with one attached hydrogen (secondary N) is 2. The van der Waals surface area contributed by atoms with Crippen molar-refractivity contribution in [2.45, 2.75) is 33.4 Å². The van der Waals surface area contributed by atoms with Gasteiger partial charge in [-0.05, 0) is 45.5 Å². The van der Waals surface area contributed by atoms with Gasteiger partial charge < -0.3 is 10.1 Å². The van der Waals surface area contributed by atoms with Crippen LogP contribution in [0.25, 0.3) is 0 Å². The lowest BCUT2D eigenvalue weighted by atomic mass is 10.1. The Morgan fingerprint density at radius 1 is 1.15 bits per heavy atom. The van der Waals surface area contributed by atoms with Gasteiger partial charge in [-0.3, -0.25) is 15.0 Å². The molecule has 144 valence electrons. The highest BCUT2D eigenvalue weighted by molar-refractivity contribution is 6.03. The minimum absolute atomic E-state index is 0.366. The largest absolute Gasteiger partial charge is 0.496 e. The monoisotopic (exact) mass is 369 g/mol. The van der Waals surface area contributed by atoms with E-state index >= 15 is 0 Å². The van der Waals surface area contributed by atoms with Crippen molar-refractivity contribution in [2.24, 2.45) is 0 Å². The van der Waals surface area contributed by atoms with Crippen LogP contribution in [0.3, 0.4) is 0 Å². The van der Waals surface area contributed by atoms with E-state index < -0.39 is 12.1 Å². The Labute approximate surface area is 160 Å². The zero-order chi connectivity index (χ0) is 20.0. The van der Waals surface area contributed by atoms with Crippen molar-refractivity contribution in [3.05, 3.63) is 59.2 Å². The van der Waals surface area contributed by atoms with Crippen LogP contribution in [-0.4, -0.2) is 37.0 Å². The van der Waals surface area contributed by atoms with Gasteiger partial charge in [-0.1, -0.05) is 35.9 Å². The highest BCUT2D eigenvalue weighted by Gasteiger charge is 2.21. The van der Waals surface area contributed by atoms with E-state index in [4.69, 9.17) is 4.74 Å². The molecule has 2 N–H and O–H groups in total. The van der Waals surface area contributed by atoms with Gasteiger partial charge in [-0.2, -0.15) is 0 Å². The number of anilines is 1. The lowest BCUT2D eigenvalue weighted by Crippen LogP contribution is -2.46. The number of imide groups is 1. The van der Waals surface area contributed by atoms with Crippen molar-refractivity contribution in [3.63, 3.8) is 0 Å². The predicted molar refractivity (Wildman–Crippen MR) is 107 cm³/mol. The molecule has 6 nitrogen and oxygen atoms in total. The fourth-order valence-electron chi connectivity index (χ4n) is 2.76. The molecule has 0 bridgehead atoms. The zero-order valence-electron chi connectivity index (χ0n) is 16.5. The Balaban J connectivity index is 1.94. The molecule has 1 atom stereocenters. The molecular formula is C21H27N3O3. The maximum absolute atomic E-state index is 12.4. The highest BCUT2D eigenvalue weighted by Crippen LogP contribution is 2.19. The van der Waals surface area contributed by atoms with Crippen molar-refractivity contribution >= 4 is 17.6 Å². The highest BCUT2D eigenvalue weighted by atomic mass is 16.5. The van der Waals surface area contributed by atoms with Gasteiger partial charge in [0.1, 0.15) is 5.75 Å². The summed E-state index contributed by atoms with van der Waals surface area (Å²) in [5, 5.41) is 5.12. The topological polar surface area (TPSA) is 70.7 Å². The summed E-state index contributed by atoms with van der Waals surface area (Å²) >= 11 is 0. The van der Waals surface area contributed by atoms with Gasteiger partial charge >= 0.3 is 6.03 Å². The van der Waals surface area contributed by atoms with Gasteiger partial charge in [0.2, 0.25) is 5.91 Å². The molecule has 0 saturated carbocycles. The summed E-state index contributed by atoms with van der Waals surface area (Å²) in [4.78, 5) is 26.4. The van der Waals surface area contributed by atoms with Crippen LogP contribution in [0.15, 0.2) is 42.5 Å². The first-order valence-corrected chi connectivity index (χ1v) is 8.83. The fourth-order valence-corrected chi connectivity index (χ4v) is 2.76. The molecule has 0 radical (unpaired) electrons. The van der Waals surface area contributed by atoms with Gasteiger partial charge in [-0.15, -0.1) is 0 Å². The molecule has 0 saturated heterocycles. The Morgan fingerprint density at radius 2 is 1.85 bits per heavy atom. The number of aryl methyl sites for hydroxylation is 2. The molecule has 2 aromatic rings. The summed E-state index contributed by atoms with van der Waals surface area (Å²) in [5.74, 6) is 0.402. The minimum Gasteiger partial charge on any atom is -0.496 e. The summed E-state index contributed by atoms with van der Waals surface area (Å²) in [5.41, 5.74) is 3.71. The third kappa shape index (κ3) is 5.56. The average molecular weight is 369 g/mol. The van der Waals surface area contributed by atoms with Crippen LogP contribution in [0.1, 0.15) is 23.6 Å². The Hall–Kier alpha value is -2.86. The van der Waals surface area contributed by atoms with Crippen LogP contribution < -0.4 is 15.4 Å². The summed E-state index contributed by atoms with van der Waals surface area (Å²) in [6, 6.07) is 12.3. The third-order valence-corrected chi connectivity index (χ3v) is 4.52. The molecule has 0 heterocycles. The molecule has 2 aromatic carbocycles. The first-order valence-electron chi connectivity index (χ1n) is 8.83. The molecule has 0 fully saturated rings. The Morgan fingerprint density at radius 3 is 2.52 bits per heavy atom. The molecule has 0 spiro atoms. The summed E-state index contributed by atoms with van der Waals surface area (Å²) in [7, 11) is 3.45. The number of hydrogen-bond donors (Lipinski definition) is 2. The molecule has 2 rings (SSSR count). The zero-order valence-corrected chi connectivity index (χ0v) is 16.5. The summed E-state index contributed by atoms with van der Waals surface area (Å²) in [6.45, 7) is 6.18. The third-order valence-electron chi connectivity index (χ3n) is 4.52. The van der Waals surface area contributed by atoms with Crippen LogP contribution >= 0.6 is 0 Å². The second kappa shape index (κ2) is 9.19. The van der Waals surface area contributed by atoms with Crippen molar-refractivity contribution in [1.82, 2.24) is 10.2 Å². The molecule has 0 aliphatic rings. The SMILES string of the molecule is COc1ccccc1CN(C)C(C)C(=O)NC(=O)Nc1ccc(C)cc1C. The molecule has 0 aliphatic carbocycles. The predicted octanol–water partition coefficient (Wildman–Crippen LogP) is 3.48. The van der Waals surface area contributed by atoms with Crippen LogP contribution in [0, 0.1) is 13.8 Å². The number of nitrogens with zero attached hydrogens (tertiary/aromatic N) is 1. The van der Waals surface area contributed by atoms with Crippen LogP contribution in [0.2, 0.25) is 0 Å². The molecule has 0 aliphatic heterocycles. The second-order valence-electron chi connectivity index (χ2n) is 6.66. The number of amides is 3. The molecule has 1 unspecified atom stereocenters. The molecule has 27 heavy (non-hydrogen) atoms. The van der Waals surface area contributed by atoms with Crippen molar-refractivity contribution in [2.75, 3.05) is 19.5 Å². The van der Waals surface area contributed by atoms with Crippen molar-refractivity contribution in [1.29, 1.82) is 0 Å². The number of rotatable bonds is 6. The van der Waals surface area contributed by atoms with Gasteiger partial charge in [0.05, 0.1) is 13.2 Å². The number of hydrogen-bond acceptors (Lipinski definition) is 4. The molecule has 6 heteroatoms. The lowest BCUT2D eigenvalue weighted by Gasteiger charge is -2.24. The van der Waals surface area contributed by atoms with Gasteiger partial charge in [0, 0.05) is 17.8 Å². The summed E-state index contributed by atoms with van der Waals surface area (Å²) < 4.78 is 5.35. The first kappa shape index (κ1) is 20.5. The van der Waals surface area contributed by atoms with Gasteiger partial charge in [0.25, 0.3) is 0 Å². The molecule has 0 aromatic heterocycles. The molecule has 3 amide bonds. The van der Waals surface area contributed by atoms with Crippen LogP contribution in [0.4, 0.5) is 10.5 Å². The van der Waals surface area contributed by atoms with Crippen LogP contribution in [-0.2, 0) is 11.3 Å². The lowest BCUT2D eigenvalue weighted by molar-refractivity contribution is -0.124. The average Bonchev–Trinajstić information content (AvgIpc) is 2.63. The Kier molecular flexibility index (Phi) is 6.96. The minimum atomic E-state index is -0.538. The first-order chi connectivity index (χ1) is 12.8. The van der Waals surface area contributed by atoms with E-state index in [2.05, 4.69) is 10.6 Å². The number of likely N-dealkylation sites (N-methyl/N-ethyl adjacent to an activating group) is 1. The molecular weight excluding hydrogens is 342 g/mol. The Bertz CT molecular complexity index is 820. The number of para-hydroxylation sites is 1. The van der Waals surface area contributed by atoms with E-state index in [0.717, 1.165) is 22.4 Å². The van der Waals surface area contributed by atoms with Crippen molar-refractivity contribution in [3.8, 4) is 5.75 Å². The number of carbonyl (C=O) groups excluding carboxylic acids is 2. The number of benzene rings is 2. The fraction of sp³-hybridized carbons (Fsp3) is 0.333. The summed E-state index contributed by atoms with van der Waals surface area (Å²) in [6.07, 6.45) is 0. The van der Waals surface area contributed by atoms with Gasteiger partial charge in [-0.25, -0.2) is 4.79 Å². The van der Waals surface area contributed by atoms with E-state index in [1.54, 1.807) is 14.0 Å². The van der Waals surface area contributed by atoms with E-state index in [9.17, 15) is 9.59 Å². The maximum atomic E-state index is 12.4. The smallest absolute Gasteiger partial charge is 0.325 e. The standard InChI is InChI=1S/C21H27N3O3/c1-14-10-11-18(15(2)12-14)22-21(26)23-20(25)16(3)24(4)13-17-8-6-7-9-19(17)27-5/h6-12,16H,13H2,1-5H3,(H2,22,23,25,26). The van der Waals surface area contributed by atoms with E-state index in [-0.39, 0.29) is 5.91 Å². The van der Waals surface area contributed by atoms with Crippen LogP contribution in [0.5, 0.6) is 5.75 Å².